The van der Waals surface area contributed by atoms with E-state index < -0.39 is 0 Å². The van der Waals surface area contributed by atoms with Crippen molar-refractivity contribution in [3.05, 3.63) is 58.1 Å². The van der Waals surface area contributed by atoms with Gasteiger partial charge in [0.25, 0.3) is 0 Å². The molecule has 130 valence electrons. The molecule has 3 rings (SSSR count). The Bertz CT molecular complexity index is 857. The molecule has 3 aromatic rings. The van der Waals surface area contributed by atoms with Gasteiger partial charge in [0, 0.05) is 5.75 Å². The number of hydrogen-bond donors (Lipinski definition) is 1. The summed E-state index contributed by atoms with van der Waals surface area (Å²) in [7, 11) is 0. The number of halogens is 2. The summed E-state index contributed by atoms with van der Waals surface area (Å²) in [6.07, 6.45) is 0. The number of ether oxygens (including phenoxy) is 1. The summed E-state index contributed by atoms with van der Waals surface area (Å²) in [4.78, 5) is 0. The molecular weight excluding hydrogens is 397 g/mol. The fraction of sp³-hybridized carbons (Fsp3) is 0.176. The Balaban J connectivity index is 1.63. The second-order valence-corrected chi connectivity index (χ2v) is 7.98. The van der Waals surface area contributed by atoms with Crippen LogP contribution in [-0.4, -0.2) is 16.8 Å². The van der Waals surface area contributed by atoms with E-state index >= 15 is 0 Å². The quantitative estimate of drug-likeness (QED) is 0.463. The van der Waals surface area contributed by atoms with Crippen LogP contribution in [0.5, 0.6) is 5.75 Å². The highest BCUT2D eigenvalue weighted by Gasteiger charge is 2.09. The highest BCUT2D eigenvalue weighted by Crippen LogP contribution is 2.33. The van der Waals surface area contributed by atoms with E-state index in [1.165, 1.54) is 11.3 Å². The molecule has 0 saturated carbocycles. The number of nitrogens with zero attached hydrogens (tertiary/aromatic N) is 2. The Morgan fingerprint density at radius 2 is 1.96 bits per heavy atom. The Morgan fingerprint density at radius 1 is 1.12 bits per heavy atom. The lowest BCUT2D eigenvalue weighted by molar-refractivity contribution is 0.342. The molecule has 2 aromatic carbocycles. The van der Waals surface area contributed by atoms with Crippen molar-refractivity contribution in [2.24, 2.45) is 0 Å². The predicted octanol–water partition coefficient (Wildman–Crippen LogP) is 6.28. The van der Waals surface area contributed by atoms with Gasteiger partial charge in [-0.2, -0.15) is 0 Å². The Hall–Kier alpha value is -1.47. The van der Waals surface area contributed by atoms with Gasteiger partial charge in [-0.15, -0.1) is 10.2 Å². The average Bonchev–Trinajstić information content (AvgIpc) is 3.05. The minimum absolute atomic E-state index is 0.561. The minimum Gasteiger partial charge on any atom is -0.492 e. The van der Waals surface area contributed by atoms with Crippen LogP contribution in [0.25, 0.3) is 0 Å². The summed E-state index contributed by atoms with van der Waals surface area (Å²) in [5, 5.41) is 13.5. The molecule has 0 amide bonds. The van der Waals surface area contributed by atoms with E-state index in [1.807, 2.05) is 43.3 Å². The van der Waals surface area contributed by atoms with Crippen molar-refractivity contribution in [1.29, 1.82) is 0 Å². The van der Waals surface area contributed by atoms with Gasteiger partial charge in [0.15, 0.2) is 4.34 Å². The second-order valence-electron chi connectivity index (χ2n) is 4.96. The van der Waals surface area contributed by atoms with Crippen LogP contribution < -0.4 is 10.1 Å². The zero-order valence-corrected chi connectivity index (χ0v) is 16.5. The molecule has 1 heterocycles. The maximum atomic E-state index is 6.04. The van der Waals surface area contributed by atoms with Gasteiger partial charge in [-0.3, -0.25) is 0 Å². The smallest absolute Gasteiger partial charge is 0.210 e. The molecule has 0 aliphatic rings. The zero-order chi connectivity index (χ0) is 17.6. The van der Waals surface area contributed by atoms with Crippen LogP contribution in [-0.2, 0) is 5.75 Å². The van der Waals surface area contributed by atoms with Crippen molar-refractivity contribution >= 4 is 57.1 Å². The number of nitrogens with one attached hydrogen (secondary N) is 1. The van der Waals surface area contributed by atoms with E-state index in [2.05, 4.69) is 15.5 Å². The van der Waals surface area contributed by atoms with E-state index in [-0.39, 0.29) is 0 Å². The summed E-state index contributed by atoms with van der Waals surface area (Å²) in [5.74, 6) is 1.55. The summed E-state index contributed by atoms with van der Waals surface area (Å²) in [6, 6.07) is 13.4. The van der Waals surface area contributed by atoms with Gasteiger partial charge in [0.2, 0.25) is 5.13 Å². The van der Waals surface area contributed by atoms with Crippen LogP contribution in [0, 0.1) is 0 Å². The Labute approximate surface area is 164 Å². The summed E-state index contributed by atoms with van der Waals surface area (Å²) < 4.78 is 6.48. The molecule has 0 atom stereocenters. The number of anilines is 2. The highest BCUT2D eigenvalue weighted by atomic mass is 35.5. The van der Waals surface area contributed by atoms with Crippen molar-refractivity contribution in [2.45, 2.75) is 17.0 Å². The SMILES string of the molecule is CCOc1ccccc1Nc1nnc(SCc2ccc(Cl)c(Cl)c2)s1. The van der Waals surface area contributed by atoms with Gasteiger partial charge < -0.3 is 10.1 Å². The fourth-order valence-corrected chi connectivity index (χ4v) is 4.09. The van der Waals surface area contributed by atoms with E-state index in [0.29, 0.717) is 16.7 Å². The number of thioether (sulfide) groups is 1. The van der Waals surface area contributed by atoms with E-state index in [4.69, 9.17) is 27.9 Å². The van der Waals surface area contributed by atoms with Crippen LogP contribution in [0.3, 0.4) is 0 Å². The molecule has 0 fully saturated rings. The molecular formula is C17H15Cl2N3OS2. The highest BCUT2D eigenvalue weighted by molar-refractivity contribution is 8.00. The molecule has 0 aliphatic carbocycles. The number of para-hydroxylation sites is 2. The molecule has 0 bridgehead atoms. The summed E-state index contributed by atoms with van der Waals surface area (Å²) >= 11 is 15.1. The molecule has 0 unspecified atom stereocenters. The molecule has 1 aromatic heterocycles. The number of benzene rings is 2. The summed E-state index contributed by atoms with van der Waals surface area (Å²) in [6.45, 7) is 2.57. The molecule has 8 heteroatoms. The number of rotatable bonds is 7. The van der Waals surface area contributed by atoms with Gasteiger partial charge in [-0.25, -0.2) is 0 Å². The number of aromatic nitrogens is 2. The predicted molar refractivity (Wildman–Crippen MR) is 107 cm³/mol. The molecule has 1 N–H and O–H groups in total. The molecule has 0 spiro atoms. The average molecular weight is 412 g/mol. The number of hydrogen-bond acceptors (Lipinski definition) is 6. The first-order valence-electron chi connectivity index (χ1n) is 7.55. The first kappa shape index (κ1) is 18.3. The minimum atomic E-state index is 0.561. The van der Waals surface area contributed by atoms with Crippen LogP contribution >= 0.6 is 46.3 Å². The molecule has 4 nitrogen and oxygen atoms in total. The van der Waals surface area contributed by atoms with Gasteiger partial charge in [-0.05, 0) is 36.8 Å². The summed E-state index contributed by atoms with van der Waals surface area (Å²) in [5.41, 5.74) is 1.97. The third-order valence-electron chi connectivity index (χ3n) is 3.18. The normalized spacial score (nSPS) is 10.7. The van der Waals surface area contributed by atoms with Crippen LogP contribution in [0.15, 0.2) is 46.8 Å². The molecule has 0 saturated heterocycles. The maximum absolute atomic E-state index is 6.04. The van der Waals surface area contributed by atoms with E-state index in [1.54, 1.807) is 17.8 Å². The van der Waals surface area contributed by atoms with Crippen LogP contribution in [0.1, 0.15) is 12.5 Å². The lowest BCUT2D eigenvalue weighted by atomic mass is 10.2. The van der Waals surface area contributed by atoms with Crippen molar-refractivity contribution in [3.8, 4) is 5.75 Å². The van der Waals surface area contributed by atoms with Crippen molar-refractivity contribution in [3.63, 3.8) is 0 Å². The fourth-order valence-electron chi connectivity index (χ4n) is 2.06. The van der Waals surface area contributed by atoms with E-state index in [9.17, 15) is 0 Å². The van der Waals surface area contributed by atoms with Gasteiger partial charge in [-0.1, -0.05) is 64.5 Å². The standard InChI is InChI=1S/C17H15Cl2N3OS2/c1-2-23-15-6-4-3-5-14(15)20-16-21-22-17(25-16)24-10-11-7-8-12(18)13(19)9-11/h3-9H,2,10H2,1H3,(H,20,21). The first-order chi connectivity index (χ1) is 12.2. The third-order valence-corrected chi connectivity index (χ3v) is 5.96. The van der Waals surface area contributed by atoms with Gasteiger partial charge in [0.1, 0.15) is 5.75 Å². The topological polar surface area (TPSA) is 47.0 Å². The monoisotopic (exact) mass is 411 g/mol. The Morgan fingerprint density at radius 3 is 2.76 bits per heavy atom. The first-order valence-corrected chi connectivity index (χ1v) is 10.1. The van der Waals surface area contributed by atoms with E-state index in [0.717, 1.165) is 32.2 Å². The van der Waals surface area contributed by atoms with Crippen LogP contribution in [0.4, 0.5) is 10.8 Å². The molecule has 0 aliphatic heterocycles. The molecule has 0 radical (unpaired) electrons. The van der Waals surface area contributed by atoms with Crippen molar-refractivity contribution in [1.82, 2.24) is 10.2 Å². The lowest BCUT2D eigenvalue weighted by Crippen LogP contribution is -1.97. The lowest BCUT2D eigenvalue weighted by Gasteiger charge is -2.09. The zero-order valence-electron chi connectivity index (χ0n) is 13.3. The largest absolute Gasteiger partial charge is 0.492 e. The Kier molecular flexibility index (Phi) is 6.42. The van der Waals surface area contributed by atoms with Crippen molar-refractivity contribution in [2.75, 3.05) is 11.9 Å². The van der Waals surface area contributed by atoms with Gasteiger partial charge in [0.05, 0.1) is 22.3 Å². The maximum Gasteiger partial charge on any atom is 0.210 e. The van der Waals surface area contributed by atoms with Crippen LogP contribution in [0.2, 0.25) is 10.0 Å². The third kappa shape index (κ3) is 5.01. The van der Waals surface area contributed by atoms with Crippen molar-refractivity contribution < 1.29 is 4.74 Å². The molecule has 25 heavy (non-hydrogen) atoms. The van der Waals surface area contributed by atoms with Gasteiger partial charge >= 0.3 is 0 Å². The second kappa shape index (κ2) is 8.76.